The molecule has 1 aliphatic rings. The van der Waals surface area contributed by atoms with E-state index >= 15 is 0 Å². The van der Waals surface area contributed by atoms with Gasteiger partial charge in [0.05, 0.1) is 18.6 Å². The third-order valence-corrected chi connectivity index (χ3v) is 2.32. The van der Waals surface area contributed by atoms with Crippen LogP contribution in [0.15, 0.2) is 4.52 Å². The van der Waals surface area contributed by atoms with Crippen molar-refractivity contribution in [3.8, 4) is 0 Å². The minimum Gasteiger partial charge on any atom is -0.379 e. The molecule has 1 aliphatic heterocycles. The van der Waals surface area contributed by atoms with Crippen LogP contribution in [0.4, 0.5) is 0 Å². The molecular formula is C9H14N2O2. The number of hydrogen-bond acceptors (Lipinski definition) is 4. The standard InChI is InChI=1S/C9H14N2O2/c1-6(2)7-10-8(11-13-7)9(3)4-12-5-9/h6H,4-5H2,1-3H3. The first kappa shape index (κ1) is 8.69. The van der Waals surface area contributed by atoms with E-state index in [1.165, 1.54) is 0 Å². The van der Waals surface area contributed by atoms with E-state index in [0.717, 1.165) is 5.82 Å². The van der Waals surface area contributed by atoms with Gasteiger partial charge in [-0.2, -0.15) is 4.98 Å². The zero-order chi connectivity index (χ0) is 9.47. The maximum Gasteiger partial charge on any atom is 0.229 e. The molecule has 0 saturated carbocycles. The van der Waals surface area contributed by atoms with Crippen LogP contribution >= 0.6 is 0 Å². The first-order valence-corrected chi connectivity index (χ1v) is 4.54. The molecule has 0 spiro atoms. The van der Waals surface area contributed by atoms with Crippen LogP contribution in [0.5, 0.6) is 0 Å². The van der Waals surface area contributed by atoms with Gasteiger partial charge in [0.1, 0.15) is 0 Å². The van der Waals surface area contributed by atoms with Crippen molar-refractivity contribution in [2.45, 2.75) is 32.1 Å². The zero-order valence-electron chi connectivity index (χ0n) is 8.20. The molecule has 0 unspecified atom stereocenters. The van der Waals surface area contributed by atoms with E-state index < -0.39 is 0 Å². The van der Waals surface area contributed by atoms with Gasteiger partial charge in [-0.3, -0.25) is 0 Å². The Morgan fingerprint density at radius 3 is 2.46 bits per heavy atom. The summed E-state index contributed by atoms with van der Waals surface area (Å²) in [5.74, 6) is 1.79. The Kier molecular flexibility index (Phi) is 1.87. The van der Waals surface area contributed by atoms with E-state index in [2.05, 4.69) is 17.1 Å². The molecule has 4 heteroatoms. The predicted molar refractivity (Wildman–Crippen MR) is 46.6 cm³/mol. The summed E-state index contributed by atoms with van der Waals surface area (Å²) in [5.41, 5.74) is -0.0172. The van der Waals surface area contributed by atoms with E-state index in [1.54, 1.807) is 0 Å². The third kappa shape index (κ3) is 1.35. The predicted octanol–water partition coefficient (Wildman–Crippen LogP) is 1.48. The van der Waals surface area contributed by atoms with E-state index in [1.807, 2.05) is 13.8 Å². The molecule has 2 heterocycles. The highest BCUT2D eigenvalue weighted by Crippen LogP contribution is 2.30. The molecule has 0 N–H and O–H groups in total. The monoisotopic (exact) mass is 182 g/mol. The Bertz CT molecular complexity index is 302. The van der Waals surface area contributed by atoms with Crippen molar-refractivity contribution >= 4 is 0 Å². The van der Waals surface area contributed by atoms with Crippen LogP contribution in [0.1, 0.15) is 38.4 Å². The number of aromatic nitrogens is 2. The van der Waals surface area contributed by atoms with Gasteiger partial charge in [-0.15, -0.1) is 0 Å². The molecule has 0 aliphatic carbocycles. The normalized spacial score (nSPS) is 20.3. The van der Waals surface area contributed by atoms with Crippen LogP contribution in [-0.2, 0) is 10.2 Å². The van der Waals surface area contributed by atoms with Crippen LogP contribution in [0.3, 0.4) is 0 Å². The second kappa shape index (κ2) is 2.80. The lowest BCUT2D eigenvalue weighted by atomic mass is 9.88. The summed E-state index contributed by atoms with van der Waals surface area (Å²) in [6.45, 7) is 7.56. The zero-order valence-corrected chi connectivity index (χ0v) is 8.20. The molecule has 0 radical (unpaired) electrons. The van der Waals surface area contributed by atoms with Gasteiger partial charge < -0.3 is 9.26 Å². The fourth-order valence-electron chi connectivity index (χ4n) is 1.25. The van der Waals surface area contributed by atoms with Crippen LogP contribution in [0, 0.1) is 0 Å². The molecule has 1 fully saturated rings. The molecule has 4 nitrogen and oxygen atoms in total. The maximum atomic E-state index is 5.14. The Hall–Kier alpha value is -0.900. The lowest BCUT2D eigenvalue weighted by Crippen LogP contribution is -2.44. The quantitative estimate of drug-likeness (QED) is 0.695. The molecule has 2 rings (SSSR count). The van der Waals surface area contributed by atoms with Crippen molar-refractivity contribution in [3.05, 3.63) is 11.7 Å². The van der Waals surface area contributed by atoms with Gasteiger partial charge in [-0.1, -0.05) is 19.0 Å². The highest BCUT2D eigenvalue weighted by molar-refractivity contribution is 5.09. The van der Waals surface area contributed by atoms with Crippen molar-refractivity contribution in [1.82, 2.24) is 10.1 Å². The van der Waals surface area contributed by atoms with Crippen molar-refractivity contribution in [2.75, 3.05) is 13.2 Å². The molecule has 72 valence electrons. The minimum absolute atomic E-state index is 0.0172. The van der Waals surface area contributed by atoms with E-state index in [4.69, 9.17) is 9.26 Å². The molecule has 0 atom stereocenters. The fraction of sp³-hybridized carbons (Fsp3) is 0.778. The Morgan fingerprint density at radius 2 is 2.08 bits per heavy atom. The van der Waals surface area contributed by atoms with Crippen LogP contribution in [0.25, 0.3) is 0 Å². The SMILES string of the molecule is CC(C)c1nc(C2(C)COC2)no1. The topological polar surface area (TPSA) is 48.2 Å². The molecule has 13 heavy (non-hydrogen) atoms. The van der Waals surface area contributed by atoms with Gasteiger partial charge in [0.25, 0.3) is 0 Å². The lowest BCUT2D eigenvalue weighted by molar-refractivity contribution is -0.0551. The van der Waals surface area contributed by atoms with E-state index in [-0.39, 0.29) is 5.41 Å². The van der Waals surface area contributed by atoms with Gasteiger partial charge in [-0.05, 0) is 6.92 Å². The molecule has 0 amide bonds. The average molecular weight is 182 g/mol. The second-order valence-corrected chi connectivity index (χ2v) is 4.16. The summed E-state index contributed by atoms with van der Waals surface area (Å²) in [6.07, 6.45) is 0. The summed E-state index contributed by atoms with van der Waals surface area (Å²) in [7, 11) is 0. The first-order chi connectivity index (χ1) is 6.12. The average Bonchev–Trinajstić information content (AvgIpc) is 2.48. The Balaban J connectivity index is 2.22. The molecule has 1 aromatic heterocycles. The van der Waals surface area contributed by atoms with Gasteiger partial charge in [-0.25, -0.2) is 0 Å². The lowest BCUT2D eigenvalue weighted by Gasteiger charge is -2.34. The van der Waals surface area contributed by atoms with Crippen molar-refractivity contribution in [3.63, 3.8) is 0 Å². The Labute approximate surface area is 77.3 Å². The highest BCUT2D eigenvalue weighted by atomic mass is 16.5. The summed E-state index contributed by atoms with van der Waals surface area (Å²) >= 11 is 0. The summed E-state index contributed by atoms with van der Waals surface area (Å²) in [6, 6.07) is 0. The number of rotatable bonds is 2. The van der Waals surface area contributed by atoms with Crippen molar-refractivity contribution in [2.24, 2.45) is 0 Å². The summed E-state index contributed by atoms with van der Waals surface area (Å²) < 4.78 is 10.3. The van der Waals surface area contributed by atoms with Crippen molar-refractivity contribution < 1.29 is 9.26 Å². The largest absolute Gasteiger partial charge is 0.379 e. The fourth-order valence-corrected chi connectivity index (χ4v) is 1.25. The summed E-state index contributed by atoms with van der Waals surface area (Å²) in [5, 5.41) is 3.97. The van der Waals surface area contributed by atoms with Crippen molar-refractivity contribution in [1.29, 1.82) is 0 Å². The maximum absolute atomic E-state index is 5.14. The molecule has 1 saturated heterocycles. The minimum atomic E-state index is -0.0172. The van der Waals surface area contributed by atoms with Gasteiger partial charge in [0, 0.05) is 5.92 Å². The van der Waals surface area contributed by atoms with Crippen LogP contribution < -0.4 is 0 Å². The van der Waals surface area contributed by atoms with Crippen LogP contribution in [-0.4, -0.2) is 23.4 Å². The Morgan fingerprint density at radius 1 is 1.38 bits per heavy atom. The summed E-state index contributed by atoms with van der Waals surface area (Å²) in [4.78, 5) is 4.35. The number of nitrogens with zero attached hydrogens (tertiary/aromatic N) is 2. The van der Waals surface area contributed by atoms with Crippen LogP contribution in [0.2, 0.25) is 0 Å². The molecular weight excluding hydrogens is 168 g/mol. The highest BCUT2D eigenvalue weighted by Gasteiger charge is 2.39. The molecule has 1 aromatic rings. The number of hydrogen-bond donors (Lipinski definition) is 0. The second-order valence-electron chi connectivity index (χ2n) is 4.16. The smallest absolute Gasteiger partial charge is 0.229 e. The number of ether oxygens (including phenoxy) is 1. The van der Waals surface area contributed by atoms with Gasteiger partial charge in [0.2, 0.25) is 5.89 Å². The van der Waals surface area contributed by atoms with E-state index in [9.17, 15) is 0 Å². The first-order valence-electron chi connectivity index (χ1n) is 4.54. The molecule has 0 bridgehead atoms. The van der Waals surface area contributed by atoms with Gasteiger partial charge >= 0.3 is 0 Å². The van der Waals surface area contributed by atoms with E-state index in [0.29, 0.717) is 25.0 Å². The van der Waals surface area contributed by atoms with Gasteiger partial charge in [0.15, 0.2) is 5.82 Å². The third-order valence-electron chi connectivity index (χ3n) is 2.32. The molecule has 0 aromatic carbocycles.